The van der Waals surface area contributed by atoms with Crippen LogP contribution in [0.25, 0.3) is 22.6 Å². The van der Waals surface area contributed by atoms with E-state index in [2.05, 4.69) is 35.8 Å². The number of nitrogens with zero attached hydrogens (tertiary/aromatic N) is 7. The van der Waals surface area contributed by atoms with Crippen molar-refractivity contribution in [3.8, 4) is 22.6 Å². The zero-order valence-electron chi connectivity index (χ0n) is 24.3. The predicted molar refractivity (Wildman–Crippen MR) is 161 cm³/mol. The molecule has 0 unspecified atom stereocenters. The second-order valence-corrected chi connectivity index (χ2v) is 14.1. The van der Waals surface area contributed by atoms with E-state index in [1.165, 1.54) is 12.4 Å². The van der Waals surface area contributed by atoms with Crippen molar-refractivity contribution in [3.05, 3.63) is 48.7 Å². The van der Waals surface area contributed by atoms with Gasteiger partial charge in [0.25, 0.3) is 10.0 Å². The lowest BCUT2D eigenvalue weighted by atomic mass is 9.77. The number of aromatic nitrogens is 7. The molecule has 4 aromatic heterocycles. The fraction of sp³-hybridized carbons (Fsp3) is 0.483. The lowest BCUT2D eigenvalue weighted by molar-refractivity contribution is -0.000391. The highest BCUT2D eigenvalue weighted by molar-refractivity contribution is 7.90. The van der Waals surface area contributed by atoms with Crippen LogP contribution in [-0.2, 0) is 17.1 Å². The first kappa shape index (κ1) is 28.3. The van der Waals surface area contributed by atoms with Crippen molar-refractivity contribution in [1.29, 1.82) is 0 Å². The Hall–Kier alpha value is -3.84. The maximum absolute atomic E-state index is 12.5. The number of anilines is 3. The maximum atomic E-state index is 12.5. The van der Waals surface area contributed by atoms with Gasteiger partial charge in [0.2, 0.25) is 0 Å². The molecule has 0 atom stereocenters. The fourth-order valence-electron chi connectivity index (χ4n) is 5.48. The molecule has 222 valence electrons. The lowest BCUT2D eigenvalue weighted by Gasteiger charge is -2.36. The van der Waals surface area contributed by atoms with Crippen molar-refractivity contribution < 1.29 is 13.5 Å². The van der Waals surface area contributed by atoms with Crippen LogP contribution in [-0.4, -0.2) is 64.3 Å². The summed E-state index contributed by atoms with van der Waals surface area (Å²) in [7, 11) is -1.55. The molecule has 0 radical (unpaired) electrons. The van der Waals surface area contributed by atoms with Gasteiger partial charge < -0.3 is 15.7 Å². The minimum Gasteiger partial charge on any atom is -0.390 e. The molecule has 0 bridgehead atoms. The normalized spacial score (nSPS) is 19.5. The number of hydrogen-bond donors (Lipinski definition) is 3. The monoisotopic (exact) mass is 591 g/mol. The molecule has 42 heavy (non-hydrogen) atoms. The van der Waals surface area contributed by atoms with Crippen LogP contribution in [0.1, 0.15) is 58.1 Å². The maximum Gasteiger partial charge on any atom is 0.256 e. The summed E-state index contributed by atoms with van der Waals surface area (Å²) in [4.78, 5) is 13.6. The summed E-state index contributed by atoms with van der Waals surface area (Å²) in [5, 5.41) is 25.9. The molecule has 0 aliphatic heterocycles. The van der Waals surface area contributed by atoms with Gasteiger partial charge in [-0.2, -0.15) is 14.3 Å². The Morgan fingerprint density at radius 1 is 1.02 bits per heavy atom. The van der Waals surface area contributed by atoms with E-state index in [1.54, 1.807) is 12.3 Å². The third-order valence-electron chi connectivity index (χ3n) is 8.32. The molecule has 0 aromatic carbocycles. The van der Waals surface area contributed by atoms with E-state index in [1.807, 2.05) is 50.8 Å². The average Bonchev–Trinajstić information content (AvgIpc) is 3.60. The van der Waals surface area contributed by atoms with Crippen LogP contribution < -0.4 is 10.6 Å². The van der Waals surface area contributed by atoms with E-state index >= 15 is 0 Å². The van der Waals surface area contributed by atoms with Crippen molar-refractivity contribution in [2.24, 2.45) is 13.0 Å². The van der Waals surface area contributed by atoms with Gasteiger partial charge in [0.05, 0.1) is 34.5 Å². The molecule has 2 fully saturated rings. The number of aliphatic hydroxyl groups is 1. The average molecular weight is 592 g/mol. The second-order valence-electron chi connectivity index (χ2n) is 12.0. The molecule has 6 rings (SSSR count). The highest BCUT2D eigenvalue weighted by atomic mass is 32.2. The Morgan fingerprint density at radius 3 is 2.45 bits per heavy atom. The first-order chi connectivity index (χ1) is 20.0. The summed E-state index contributed by atoms with van der Waals surface area (Å²) in [6, 6.07) is 6.00. The van der Waals surface area contributed by atoms with Gasteiger partial charge >= 0.3 is 0 Å². The molecule has 2 aliphatic carbocycles. The van der Waals surface area contributed by atoms with Gasteiger partial charge in [-0.1, -0.05) is 0 Å². The quantitative estimate of drug-likeness (QED) is 0.257. The largest absolute Gasteiger partial charge is 0.390 e. The molecule has 2 aliphatic rings. The van der Waals surface area contributed by atoms with Crippen LogP contribution in [0.15, 0.2) is 43.0 Å². The van der Waals surface area contributed by atoms with Gasteiger partial charge in [-0.05, 0) is 77.3 Å². The minimum atomic E-state index is -3.47. The van der Waals surface area contributed by atoms with Crippen molar-refractivity contribution in [3.63, 3.8) is 0 Å². The van der Waals surface area contributed by atoms with Crippen LogP contribution in [0.2, 0.25) is 0 Å². The Morgan fingerprint density at radius 2 is 1.79 bits per heavy atom. The Labute approximate surface area is 245 Å². The lowest BCUT2D eigenvalue weighted by Crippen LogP contribution is -2.37. The SMILES string of the molecule is Cc1cc(-c2cnc(Nc3ccnc(-c4cnn(S(=O)(=O)C5CC5)c4)n3)cc2NC2CCC(C(C)(C)O)CC2)nn1C. The highest BCUT2D eigenvalue weighted by Gasteiger charge is 2.38. The van der Waals surface area contributed by atoms with E-state index < -0.39 is 15.6 Å². The molecule has 13 heteroatoms. The minimum absolute atomic E-state index is 0.261. The smallest absolute Gasteiger partial charge is 0.256 e. The van der Waals surface area contributed by atoms with Crippen molar-refractivity contribution in [2.75, 3.05) is 10.6 Å². The Balaban J connectivity index is 1.24. The van der Waals surface area contributed by atoms with Gasteiger partial charge in [0.15, 0.2) is 5.82 Å². The fourth-order valence-corrected chi connectivity index (χ4v) is 6.96. The number of nitrogens with one attached hydrogen (secondary N) is 2. The number of pyridine rings is 1. The molecule has 0 spiro atoms. The van der Waals surface area contributed by atoms with Crippen molar-refractivity contribution in [2.45, 2.75) is 76.2 Å². The number of aryl methyl sites for hydroxylation is 2. The van der Waals surface area contributed by atoms with E-state index in [4.69, 9.17) is 0 Å². The predicted octanol–water partition coefficient (Wildman–Crippen LogP) is 4.27. The molecule has 0 saturated heterocycles. The summed E-state index contributed by atoms with van der Waals surface area (Å²) in [6.45, 7) is 5.81. The van der Waals surface area contributed by atoms with Crippen molar-refractivity contribution >= 4 is 27.3 Å². The van der Waals surface area contributed by atoms with Gasteiger partial charge in [-0.15, -0.1) is 0 Å². The third kappa shape index (κ3) is 5.88. The van der Waals surface area contributed by atoms with Crippen LogP contribution in [0.5, 0.6) is 0 Å². The van der Waals surface area contributed by atoms with E-state index in [0.717, 1.165) is 52.4 Å². The molecular formula is C29H37N9O3S. The third-order valence-corrected chi connectivity index (χ3v) is 10.4. The summed E-state index contributed by atoms with van der Waals surface area (Å²) in [5.74, 6) is 1.76. The van der Waals surface area contributed by atoms with Gasteiger partial charge in [-0.25, -0.2) is 23.4 Å². The first-order valence-corrected chi connectivity index (χ1v) is 15.9. The summed E-state index contributed by atoms with van der Waals surface area (Å²) >= 11 is 0. The molecule has 12 nitrogen and oxygen atoms in total. The Bertz CT molecular complexity index is 1680. The summed E-state index contributed by atoms with van der Waals surface area (Å²) < 4.78 is 28.0. The summed E-state index contributed by atoms with van der Waals surface area (Å²) in [5.41, 5.74) is 3.55. The molecule has 0 amide bonds. The molecule has 4 aromatic rings. The van der Waals surface area contributed by atoms with Gasteiger partial charge in [0, 0.05) is 48.5 Å². The van der Waals surface area contributed by atoms with Crippen molar-refractivity contribution in [1.82, 2.24) is 33.9 Å². The Kier molecular flexibility index (Phi) is 7.26. The number of rotatable bonds is 9. The standard InChI is InChI=1S/C29H37N9O3S/c1-18-13-25(36-37(18)4)23-16-31-27(14-24(23)33-21-7-5-20(6-8-21)29(2,3)39)34-26-11-12-30-28(35-26)19-15-32-38(17-19)42(40,41)22-9-10-22/h11-17,20-22,39H,5-10H2,1-4H3,(H2,30,31,33,34,35). The topological polar surface area (TPSA) is 153 Å². The number of hydrogen-bond acceptors (Lipinski definition) is 10. The highest BCUT2D eigenvalue weighted by Crippen LogP contribution is 2.36. The summed E-state index contributed by atoms with van der Waals surface area (Å²) in [6.07, 6.45) is 11.5. The van der Waals surface area contributed by atoms with E-state index in [-0.39, 0.29) is 17.2 Å². The van der Waals surface area contributed by atoms with E-state index in [0.29, 0.717) is 35.9 Å². The van der Waals surface area contributed by atoms with E-state index in [9.17, 15) is 13.5 Å². The van der Waals surface area contributed by atoms with Crippen LogP contribution in [0.4, 0.5) is 17.3 Å². The van der Waals surface area contributed by atoms with Gasteiger partial charge in [0.1, 0.15) is 11.6 Å². The van der Waals surface area contributed by atoms with Crippen LogP contribution in [0, 0.1) is 12.8 Å². The second kappa shape index (κ2) is 10.8. The van der Waals surface area contributed by atoms with Gasteiger partial charge in [-0.3, -0.25) is 4.68 Å². The first-order valence-electron chi connectivity index (χ1n) is 14.4. The van der Waals surface area contributed by atoms with Crippen LogP contribution in [0.3, 0.4) is 0 Å². The zero-order chi connectivity index (χ0) is 29.6. The molecule has 3 N–H and O–H groups in total. The molecular weight excluding hydrogens is 554 g/mol. The molecule has 4 heterocycles. The zero-order valence-corrected chi connectivity index (χ0v) is 25.1. The molecule has 2 saturated carbocycles. The van der Waals surface area contributed by atoms with Crippen LogP contribution >= 0.6 is 0 Å².